The standard InChI is InChI=1S/C10H7ClF3N3O/c11-7-1-4(5-3-16-17-9(5)15)6(2-8(7)18)10(12,13)14/h1-3,18H,(H3,15,16,17). The number of nitrogens with zero attached hydrogens (tertiary/aromatic N) is 1. The molecule has 1 heterocycles. The molecular weight excluding hydrogens is 271 g/mol. The number of hydrogen-bond acceptors (Lipinski definition) is 3. The maximum atomic E-state index is 12.9. The molecule has 0 radical (unpaired) electrons. The minimum atomic E-state index is -4.64. The van der Waals surface area contributed by atoms with Gasteiger partial charge in [-0.15, -0.1) is 0 Å². The Bertz CT molecular complexity index is 595. The zero-order valence-corrected chi connectivity index (χ0v) is 9.47. The van der Waals surface area contributed by atoms with E-state index < -0.39 is 17.5 Å². The van der Waals surface area contributed by atoms with Gasteiger partial charge in [-0.05, 0) is 12.1 Å². The highest BCUT2D eigenvalue weighted by Crippen LogP contribution is 2.42. The number of halogens is 4. The van der Waals surface area contributed by atoms with Crippen molar-refractivity contribution in [3.63, 3.8) is 0 Å². The molecule has 8 heteroatoms. The van der Waals surface area contributed by atoms with Gasteiger partial charge in [-0.1, -0.05) is 11.6 Å². The Kier molecular flexibility index (Phi) is 2.86. The number of benzene rings is 1. The van der Waals surface area contributed by atoms with Gasteiger partial charge in [0.25, 0.3) is 0 Å². The van der Waals surface area contributed by atoms with Gasteiger partial charge in [0, 0.05) is 11.1 Å². The lowest BCUT2D eigenvalue weighted by Gasteiger charge is -2.13. The van der Waals surface area contributed by atoms with E-state index >= 15 is 0 Å². The van der Waals surface area contributed by atoms with Gasteiger partial charge in [0.05, 0.1) is 16.8 Å². The van der Waals surface area contributed by atoms with Crippen molar-refractivity contribution in [2.24, 2.45) is 0 Å². The molecule has 0 spiro atoms. The number of phenolic OH excluding ortho intramolecular Hbond substituents is 1. The summed E-state index contributed by atoms with van der Waals surface area (Å²) in [6, 6.07) is 1.56. The zero-order valence-electron chi connectivity index (χ0n) is 8.72. The molecule has 2 rings (SSSR count). The molecule has 0 aliphatic rings. The molecule has 2 aromatic rings. The van der Waals surface area contributed by atoms with Crippen LogP contribution < -0.4 is 5.73 Å². The van der Waals surface area contributed by atoms with E-state index in [1.807, 2.05) is 0 Å². The second-order valence-corrected chi connectivity index (χ2v) is 3.95. The maximum Gasteiger partial charge on any atom is 0.417 e. The molecule has 0 saturated carbocycles. The molecule has 4 nitrogen and oxygen atoms in total. The predicted octanol–water partition coefficient (Wildman–Crippen LogP) is 3.04. The first-order valence-corrected chi connectivity index (χ1v) is 5.07. The van der Waals surface area contributed by atoms with Crippen molar-refractivity contribution < 1.29 is 18.3 Å². The summed E-state index contributed by atoms with van der Waals surface area (Å²) in [5.41, 5.74) is 4.29. The Balaban J connectivity index is 2.73. The third-order valence-electron chi connectivity index (χ3n) is 2.35. The molecule has 0 atom stereocenters. The van der Waals surface area contributed by atoms with Crippen LogP contribution in [0, 0.1) is 0 Å². The van der Waals surface area contributed by atoms with Gasteiger partial charge >= 0.3 is 6.18 Å². The van der Waals surface area contributed by atoms with Crippen LogP contribution in [0.4, 0.5) is 19.0 Å². The van der Waals surface area contributed by atoms with Crippen LogP contribution in [-0.4, -0.2) is 15.3 Å². The second-order valence-electron chi connectivity index (χ2n) is 3.54. The van der Waals surface area contributed by atoms with Crippen LogP contribution >= 0.6 is 11.6 Å². The number of aromatic nitrogens is 2. The van der Waals surface area contributed by atoms with Crippen molar-refractivity contribution in [1.29, 1.82) is 0 Å². The number of anilines is 1. The van der Waals surface area contributed by atoms with Gasteiger partial charge in [0.15, 0.2) is 0 Å². The van der Waals surface area contributed by atoms with Gasteiger partial charge in [0.1, 0.15) is 11.6 Å². The molecule has 0 aliphatic carbocycles. The van der Waals surface area contributed by atoms with E-state index in [2.05, 4.69) is 10.2 Å². The molecule has 0 fully saturated rings. The van der Waals surface area contributed by atoms with Crippen LogP contribution in [0.25, 0.3) is 11.1 Å². The number of nitrogen functional groups attached to an aromatic ring is 1. The highest BCUT2D eigenvalue weighted by atomic mass is 35.5. The molecule has 4 N–H and O–H groups in total. The first-order valence-electron chi connectivity index (χ1n) is 4.69. The number of aromatic amines is 1. The summed E-state index contributed by atoms with van der Waals surface area (Å²) in [5.74, 6) is -0.655. The van der Waals surface area contributed by atoms with Crippen LogP contribution in [0.15, 0.2) is 18.3 Å². The van der Waals surface area contributed by atoms with E-state index in [1.54, 1.807) is 0 Å². The molecule has 0 bridgehead atoms. The van der Waals surface area contributed by atoms with E-state index in [4.69, 9.17) is 17.3 Å². The quantitative estimate of drug-likeness (QED) is 0.750. The zero-order chi connectivity index (χ0) is 13.5. The van der Waals surface area contributed by atoms with E-state index in [9.17, 15) is 18.3 Å². The fourth-order valence-corrected chi connectivity index (χ4v) is 1.69. The van der Waals surface area contributed by atoms with Crippen molar-refractivity contribution in [1.82, 2.24) is 10.2 Å². The van der Waals surface area contributed by atoms with E-state index in [1.165, 1.54) is 0 Å². The van der Waals surface area contributed by atoms with E-state index in [0.29, 0.717) is 6.07 Å². The fraction of sp³-hybridized carbons (Fsp3) is 0.100. The predicted molar refractivity (Wildman–Crippen MR) is 60.1 cm³/mol. The second kappa shape index (κ2) is 4.09. The number of nitrogens with two attached hydrogens (primary N) is 1. The molecule has 0 amide bonds. The average Bonchev–Trinajstić information content (AvgIpc) is 2.66. The van der Waals surface area contributed by atoms with Crippen LogP contribution in [0.5, 0.6) is 5.75 Å². The Morgan fingerprint density at radius 3 is 2.44 bits per heavy atom. The first-order chi connectivity index (χ1) is 8.30. The summed E-state index contributed by atoms with van der Waals surface area (Å²) in [5, 5.41) is 15.0. The Morgan fingerprint density at radius 1 is 1.28 bits per heavy atom. The number of alkyl halides is 3. The summed E-state index contributed by atoms with van der Waals surface area (Å²) in [6.45, 7) is 0. The highest BCUT2D eigenvalue weighted by molar-refractivity contribution is 6.32. The number of hydrogen-bond donors (Lipinski definition) is 3. The fourth-order valence-electron chi connectivity index (χ4n) is 1.53. The molecule has 1 aromatic carbocycles. The number of nitrogens with one attached hydrogen (secondary N) is 1. The SMILES string of the molecule is Nc1[nH]ncc1-c1cc(Cl)c(O)cc1C(F)(F)F. The smallest absolute Gasteiger partial charge is 0.417 e. The molecule has 0 unspecified atom stereocenters. The summed E-state index contributed by atoms with van der Waals surface area (Å²) in [6.07, 6.45) is -3.48. The first kappa shape index (κ1) is 12.6. The largest absolute Gasteiger partial charge is 0.506 e. The average molecular weight is 278 g/mol. The number of phenols is 1. The summed E-state index contributed by atoms with van der Waals surface area (Å²) < 4.78 is 38.6. The summed E-state index contributed by atoms with van der Waals surface area (Å²) in [7, 11) is 0. The van der Waals surface area contributed by atoms with E-state index in [-0.39, 0.29) is 22.0 Å². The van der Waals surface area contributed by atoms with Crippen LogP contribution in [0.1, 0.15) is 5.56 Å². The number of H-pyrrole nitrogens is 1. The highest BCUT2D eigenvalue weighted by Gasteiger charge is 2.35. The molecule has 0 aliphatic heterocycles. The topological polar surface area (TPSA) is 74.9 Å². The minimum Gasteiger partial charge on any atom is -0.506 e. The summed E-state index contributed by atoms with van der Waals surface area (Å²) in [4.78, 5) is 0. The lowest BCUT2D eigenvalue weighted by atomic mass is 10.0. The van der Waals surface area contributed by atoms with Gasteiger partial charge < -0.3 is 10.8 Å². The Labute approximate surface area is 104 Å². The number of rotatable bonds is 1. The third kappa shape index (κ3) is 2.08. The molecular formula is C10H7ClF3N3O. The van der Waals surface area contributed by atoms with Crippen molar-refractivity contribution in [2.75, 3.05) is 5.73 Å². The maximum absolute atomic E-state index is 12.9. The monoisotopic (exact) mass is 277 g/mol. The van der Waals surface area contributed by atoms with Crippen molar-refractivity contribution >= 4 is 17.4 Å². The summed E-state index contributed by atoms with van der Waals surface area (Å²) >= 11 is 5.62. The molecule has 0 saturated heterocycles. The normalized spacial score (nSPS) is 11.8. The lowest BCUT2D eigenvalue weighted by molar-refractivity contribution is -0.137. The van der Waals surface area contributed by atoms with Crippen LogP contribution in [0.3, 0.4) is 0 Å². The van der Waals surface area contributed by atoms with Gasteiger partial charge in [-0.2, -0.15) is 18.3 Å². The van der Waals surface area contributed by atoms with E-state index in [0.717, 1.165) is 12.3 Å². The minimum absolute atomic E-state index is 0.0118. The Morgan fingerprint density at radius 2 is 1.94 bits per heavy atom. The van der Waals surface area contributed by atoms with Crippen molar-refractivity contribution in [3.05, 3.63) is 28.9 Å². The molecule has 18 heavy (non-hydrogen) atoms. The molecule has 96 valence electrons. The van der Waals surface area contributed by atoms with Crippen molar-refractivity contribution in [3.8, 4) is 16.9 Å². The Hall–Kier alpha value is -1.89. The number of aromatic hydroxyl groups is 1. The van der Waals surface area contributed by atoms with Gasteiger partial charge in [-0.3, -0.25) is 5.10 Å². The van der Waals surface area contributed by atoms with Gasteiger partial charge in [0.2, 0.25) is 0 Å². The third-order valence-corrected chi connectivity index (χ3v) is 2.65. The van der Waals surface area contributed by atoms with Crippen LogP contribution in [-0.2, 0) is 6.18 Å². The van der Waals surface area contributed by atoms with Crippen molar-refractivity contribution in [2.45, 2.75) is 6.18 Å². The van der Waals surface area contributed by atoms with Crippen LogP contribution in [0.2, 0.25) is 5.02 Å². The lowest BCUT2D eigenvalue weighted by Crippen LogP contribution is -2.07. The molecule has 1 aromatic heterocycles. The van der Waals surface area contributed by atoms with Gasteiger partial charge in [-0.25, -0.2) is 0 Å².